The number of anilines is 1. The van der Waals surface area contributed by atoms with Crippen molar-refractivity contribution in [2.75, 3.05) is 32.7 Å². The molecule has 0 unspecified atom stereocenters. The predicted molar refractivity (Wildman–Crippen MR) is 121 cm³/mol. The number of fused-ring (bicyclic) bond motifs is 3. The molecule has 0 saturated carbocycles. The van der Waals surface area contributed by atoms with Crippen LogP contribution in [0, 0.1) is 5.41 Å². The second kappa shape index (κ2) is 5.93. The van der Waals surface area contributed by atoms with E-state index in [1.807, 2.05) is 6.07 Å². The predicted octanol–water partition coefficient (Wildman–Crippen LogP) is 3.41. The standard InChI is InChI=1S/C24H30N2O4S/c1-5-21-11-9-18(31)26-12-6-10-22-16-8-7-15(28-3)13-17(16)25(2)19(22)23(14-21,20(27)29-4)30-24(21,22)26/h7-8,13,19H,5-6,9-12,14H2,1-4H3/t19-,21+,22+,23-,24+/m1/s1. The minimum atomic E-state index is -1.01. The van der Waals surface area contributed by atoms with E-state index in [4.69, 9.17) is 26.4 Å². The molecule has 0 aliphatic carbocycles. The van der Waals surface area contributed by atoms with Crippen LogP contribution >= 0.6 is 12.2 Å². The molecular weight excluding hydrogens is 412 g/mol. The van der Waals surface area contributed by atoms with E-state index in [0.29, 0.717) is 6.42 Å². The van der Waals surface area contributed by atoms with E-state index in [1.165, 1.54) is 12.7 Å². The van der Waals surface area contributed by atoms with Gasteiger partial charge in [0.2, 0.25) is 0 Å². The number of thiocarbonyl (C=S) groups is 1. The summed E-state index contributed by atoms with van der Waals surface area (Å²) in [5.74, 6) is 0.578. The van der Waals surface area contributed by atoms with Crippen molar-refractivity contribution in [3.63, 3.8) is 0 Å². The minimum Gasteiger partial charge on any atom is -0.497 e. The number of likely N-dealkylation sites (N-methyl/N-ethyl adjacent to an activating group) is 1. The molecule has 5 aliphatic heterocycles. The van der Waals surface area contributed by atoms with Crippen LogP contribution in [0.2, 0.25) is 0 Å². The molecule has 0 radical (unpaired) electrons. The van der Waals surface area contributed by atoms with Crippen molar-refractivity contribution < 1.29 is 19.0 Å². The highest BCUT2D eigenvalue weighted by molar-refractivity contribution is 7.80. The van der Waals surface area contributed by atoms with Crippen molar-refractivity contribution in [1.82, 2.24) is 4.90 Å². The summed E-state index contributed by atoms with van der Waals surface area (Å²) in [5.41, 5.74) is 0.296. The van der Waals surface area contributed by atoms with Crippen molar-refractivity contribution in [2.24, 2.45) is 5.41 Å². The summed E-state index contributed by atoms with van der Waals surface area (Å²) < 4.78 is 18.2. The van der Waals surface area contributed by atoms with Gasteiger partial charge >= 0.3 is 5.97 Å². The quantitative estimate of drug-likeness (QED) is 0.525. The Kier molecular flexibility index (Phi) is 3.78. The third-order valence-corrected chi connectivity index (χ3v) is 9.70. The summed E-state index contributed by atoms with van der Waals surface area (Å²) in [4.78, 5) is 19.2. The fourth-order valence-corrected chi connectivity index (χ4v) is 8.75. The second-order valence-corrected chi connectivity index (χ2v) is 10.4. The van der Waals surface area contributed by atoms with Crippen LogP contribution in [0.4, 0.5) is 5.69 Å². The van der Waals surface area contributed by atoms with Gasteiger partial charge < -0.3 is 24.0 Å². The highest BCUT2D eigenvalue weighted by Crippen LogP contribution is 2.79. The lowest BCUT2D eigenvalue weighted by molar-refractivity contribution is -0.214. The number of methoxy groups -OCH3 is 2. The third-order valence-electron chi connectivity index (χ3n) is 9.27. The summed E-state index contributed by atoms with van der Waals surface area (Å²) >= 11 is 5.94. The summed E-state index contributed by atoms with van der Waals surface area (Å²) in [6.07, 6.45) is 5.48. The maximum atomic E-state index is 13.6. The first-order valence-corrected chi connectivity index (χ1v) is 11.8. The van der Waals surface area contributed by atoms with Crippen LogP contribution in [0.3, 0.4) is 0 Å². The molecule has 2 spiro atoms. The van der Waals surface area contributed by atoms with E-state index < -0.39 is 11.3 Å². The van der Waals surface area contributed by atoms with Crippen LogP contribution in [-0.2, 0) is 19.7 Å². The largest absolute Gasteiger partial charge is 0.497 e. The number of hydrogen-bond acceptors (Lipinski definition) is 6. The topological polar surface area (TPSA) is 51.2 Å². The molecule has 1 aromatic rings. The van der Waals surface area contributed by atoms with Crippen molar-refractivity contribution >= 4 is 28.9 Å². The molecule has 166 valence electrons. The molecule has 7 heteroatoms. The number of rotatable bonds is 3. The number of hydrogen-bond donors (Lipinski definition) is 0. The van der Waals surface area contributed by atoms with Gasteiger partial charge in [-0.05, 0) is 50.2 Å². The molecule has 5 atom stereocenters. The summed E-state index contributed by atoms with van der Waals surface area (Å²) in [6, 6.07) is 6.23. The Balaban J connectivity index is 1.71. The van der Waals surface area contributed by atoms with Gasteiger partial charge in [-0.25, -0.2) is 4.79 Å². The Morgan fingerprint density at radius 3 is 2.84 bits per heavy atom. The lowest BCUT2D eigenvalue weighted by Gasteiger charge is -2.65. The number of nitrogens with zero attached hydrogens (tertiary/aromatic N) is 2. The van der Waals surface area contributed by atoms with Gasteiger partial charge in [0, 0.05) is 30.8 Å². The molecule has 0 N–H and O–H groups in total. The summed E-state index contributed by atoms with van der Waals surface area (Å²) in [5, 5.41) is 0. The zero-order chi connectivity index (χ0) is 21.8. The molecule has 4 saturated heterocycles. The van der Waals surface area contributed by atoms with Gasteiger partial charge in [-0.1, -0.05) is 25.2 Å². The Labute approximate surface area is 188 Å². The fourth-order valence-electron chi connectivity index (χ4n) is 8.43. The van der Waals surface area contributed by atoms with E-state index in [0.717, 1.165) is 55.1 Å². The molecule has 1 aromatic carbocycles. The van der Waals surface area contributed by atoms with Crippen LogP contribution in [-0.4, -0.2) is 61.0 Å². The molecule has 2 bridgehead atoms. The molecule has 0 aromatic heterocycles. The molecule has 5 heterocycles. The van der Waals surface area contributed by atoms with E-state index in [-0.39, 0.29) is 22.8 Å². The third kappa shape index (κ3) is 1.81. The van der Waals surface area contributed by atoms with E-state index in [1.54, 1.807) is 7.11 Å². The molecule has 6 nitrogen and oxygen atoms in total. The van der Waals surface area contributed by atoms with Gasteiger partial charge in [0.25, 0.3) is 0 Å². The Hall–Kier alpha value is -1.86. The number of carbonyl (C=O) groups is 1. The SMILES string of the molecule is CC[C@]12CCC(=S)N3CCC[C@]45c6ccc(OC)cc6N(C)[C@H]4[C@@](C(=O)OC)(C1)O[C@@]325. The van der Waals surface area contributed by atoms with Crippen LogP contribution in [0.15, 0.2) is 18.2 Å². The van der Waals surface area contributed by atoms with Gasteiger partial charge in [0.15, 0.2) is 11.3 Å². The zero-order valence-electron chi connectivity index (χ0n) is 18.7. The summed E-state index contributed by atoms with van der Waals surface area (Å²) in [6.45, 7) is 3.14. The van der Waals surface area contributed by atoms with E-state index >= 15 is 0 Å². The highest BCUT2D eigenvalue weighted by Gasteiger charge is 2.90. The van der Waals surface area contributed by atoms with E-state index in [9.17, 15) is 4.79 Å². The minimum absolute atomic E-state index is 0.127. The monoisotopic (exact) mass is 442 g/mol. The number of carbonyl (C=O) groups excluding carboxylic acids is 1. The highest BCUT2D eigenvalue weighted by atomic mass is 32.1. The average molecular weight is 443 g/mol. The van der Waals surface area contributed by atoms with Gasteiger partial charge in [0.1, 0.15) is 5.75 Å². The Morgan fingerprint density at radius 1 is 1.32 bits per heavy atom. The smallest absolute Gasteiger partial charge is 0.340 e. The molecule has 6 rings (SSSR count). The van der Waals surface area contributed by atoms with Crippen LogP contribution in [0.5, 0.6) is 5.75 Å². The van der Waals surface area contributed by atoms with Crippen molar-refractivity contribution in [3.05, 3.63) is 23.8 Å². The fraction of sp³-hybridized carbons (Fsp3) is 0.667. The zero-order valence-corrected chi connectivity index (χ0v) is 19.5. The first kappa shape index (κ1) is 19.8. The molecule has 5 aliphatic rings. The van der Waals surface area contributed by atoms with Crippen molar-refractivity contribution in [3.8, 4) is 5.75 Å². The molecule has 0 amide bonds. The maximum Gasteiger partial charge on any atom is 0.340 e. The lowest BCUT2D eigenvalue weighted by atomic mass is 9.46. The Morgan fingerprint density at radius 2 is 2.13 bits per heavy atom. The normalized spacial score (nSPS) is 41.7. The van der Waals surface area contributed by atoms with Crippen molar-refractivity contribution in [2.45, 2.75) is 68.2 Å². The van der Waals surface area contributed by atoms with Gasteiger partial charge in [-0.15, -0.1) is 0 Å². The van der Waals surface area contributed by atoms with Crippen LogP contribution in [0.1, 0.15) is 51.0 Å². The molecule has 4 fully saturated rings. The van der Waals surface area contributed by atoms with Gasteiger partial charge in [-0.2, -0.15) is 0 Å². The number of piperidine rings is 2. The number of ether oxygens (including phenoxy) is 3. The molecular formula is C24H30N2O4S. The van der Waals surface area contributed by atoms with Crippen LogP contribution < -0.4 is 9.64 Å². The van der Waals surface area contributed by atoms with E-state index in [2.05, 4.69) is 35.9 Å². The second-order valence-electron chi connectivity index (χ2n) is 9.95. The van der Waals surface area contributed by atoms with Crippen molar-refractivity contribution in [1.29, 1.82) is 0 Å². The first-order valence-electron chi connectivity index (χ1n) is 11.4. The van der Waals surface area contributed by atoms with Gasteiger partial charge in [-0.3, -0.25) is 0 Å². The number of benzene rings is 1. The average Bonchev–Trinajstić information content (AvgIpc) is 3.35. The van der Waals surface area contributed by atoms with Crippen LogP contribution in [0.25, 0.3) is 0 Å². The Bertz CT molecular complexity index is 1020. The molecule has 31 heavy (non-hydrogen) atoms. The maximum absolute atomic E-state index is 13.6. The lowest BCUT2D eigenvalue weighted by Crippen LogP contribution is -2.77. The first-order chi connectivity index (χ1) is 14.9. The number of esters is 1. The summed E-state index contributed by atoms with van der Waals surface area (Å²) in [7, 11) is 5.28. The van der Waals surface area contributed by atoms with Gasteiger partial charge in [0.05, 0.1) is 30.7 Å².